The van der Waals surface area contributed by atoms with Crippen LogP contribution < -0.4 is 0 Å². The van der Waals surface area contributed by atoms with Gasteiger partial charge in [-0.05, 0) is 36.3 Å². The Bertz CT molecular complexity index is 373. The molecule has 1 aromatic rings. The molecule has 0 spiro atoms. The molecule has 1 saturated carbocycles. The number of benzene rings is 1. The molecule has 1 N–H and O–H groups in total. The Morgan fingerprint density at radius 3 is 2.69 bits per heavy atom. The van der Waals surface area contributed by atoms with Crippen molar-refractivity contribution in [1.82, 2.24) is 4.90 Å². The molecule has 16 heavy (non-hydrogen) atoms. The lowest BCUT2D eigenvalue weighted by molar-refractivity contribution is 0.174. The van der Waals surface area contributed by atoms with Gasteiger partial charge in [0.15, 0.2) is 0 Å². The lowest BCUT2D eigenvalue weighted by Crippen LogP contribution is -2.22. The van der Waals surface area contributed by atoms with Crippen molar-refractivity contribution in [2.45, 2.75) is 37.8 Å². The lowest BCUT2D eigenvalue weighted by Gasteiger charge is -2.17. The van der Waals surface area contributed by atoms with Crippen LogP contribution in [0.25, 0.3) is 0 Å². The van der Waals surface area contributed by atoms with Gasteiger partial charge in [0.2, 0.25) is 0 Å². The van der Waals surface area contributed by atoms with E-state index in [1.165, 1.54) is 18.4 Å². The molecule has 3 rings (SSSR count). The molecular formula is C14H19NO. The summed E-state index contributed by atoms with van der Waals surface area (Å²) in [6.45, 7) is 2.91. The van der Waals surface area contributed by atoms with E-state index < -0.39 is 0 Å². The Kier molecular flexibility index (Phi) is 2.70. The van der Waals surface area contributed by atoms with Crippen LogP contribution in [0.2, 0.25) is 0 Å². The van der Waals surface area contributed by atoms with Crippen LogP contribution in [0, 0.1) is 0 Å². The Balaban J connectivity index is 1.73. The second kappa shape index (κ2) is 4.19. The number of β-amino-alcohol motifs (C(OH)–C–C–N with tert-alkyl or cyclic N) is 1. The number of aliphatic hydroxyl groups is 1. The van der Waals surface area contributed by atoms with Crippen molar-refractivity contribution >= 4 is 0 Å². The zero-order chi connectivity index (χ0) is 11.0. The van der Waals surface area contributed by atoms with Crippen LogP contribution in [-0.4, -0.2) is 29.2 Å². The molecule has 2 nitrogen and oxygen atoms in total. The standard InChI is InChI=1S/C14H19NO/c16-13-7-8-15(10-13)9-12-3-1-2-4-14(12)11-5-6-11/h1-4,11,13,16H,5-10H2/t13-/m1/s1. The van der Waals surface area contributed by atoms with Gasteiger partial charge in [0.1, 0.15) is 0 Å². The van der Waals surface area contributed by atoms with E-state index >= 15 is 0 Å². The van der Waals surface area contributed by atoms with Gasteiger partial charge in [-0.2, -0.15) is 0 Å². The van der Waals surface area contributed by atoms with Gasteiger partial charge in [-0.25, -0.2) is 0 Å². The number of aliphatic hydroxyl groups excluding tert-OH is 1. The van der Waals surface area contributed by atoms with E-state index in [2.05, 4.69) is 29.2 Å². The monoisotopic (exact) mass is 217 g/mol. The van der Waals surface area contributed by atoms with E-state index in [9.17, 15) is 5.11 Å². The molecule has 0 bridgehead atoms. The van der Waals surface area contributed by atoms with Crippen molar-refractivity contribution in [2.24, 2.45) is 0 Å². The Morgan fingerprint density at radius 2 is 2.00 bits per heavy atom. The summed E-state index contributed by atoms with van der Waals surface area (Å²) in [5, 5.41) is 9.53. The second-order valence-corrected chi connectivity index (χ2v) is 5.15. The van der Waals surface area contributed by atoms with Crippen LogP contribution >= 0.6 is 0 Å². The summed E-state index contributed by atoms with van der Waals surface area (Å²) in [6, 6.07) is 8.81. The molecule has 1 aromatic carbocycles. The largest absolute Gasteiger partial charge is 0.392 e. The fourth-order valence-corrected chi connectivity index (χ4v) is 2.67. The molecular weight excluding hydrogens is 198 g/mol. The lowest BCUT2D eigenvalue weighted by atomic mass is 10.0. The molecule has 2 aliphatic rings. The number of rotatable bonds is 3. The molecule has 1 heterocycles. The second-order valence-electron chi connectivity index (χ2n) is 5.15. The van der Waals surface area contributed by atoms with Crippen molar-refractivity contribution in [3.05, 3.63) is 35.4 Å². The maximum atomic E-state index is 9.53. The van der Waals surface area contributed by atoms with Gasteiger partial charge in [0.05, 0.1) is 6.10 Å². The normalized spacial score (nSPS) is 26.2. The fraction of sp³-hybridized carbons (Fsp3) is 0.571. The van der Waals surface area contributed by atoms with Gasteiger partial charge < -0.3 is 5.11 Å². The third-order valence-electron chi connectivity index (χ3n) is 3.71. The minimum Gasteiger partial charge on any atom is -0.392 e. The first-order chi connectivity index (χ1) is 7.83. The minimum absolute atomic E-state index is 0.104. The molecule has 86 valence electrons. The van der Waals surface area contributed by atoms with Crippen LogP contribution in [0.3, 0.4) is 0 Å². The van der Waals surface area contributed by atoms with Crippen LogP contribution in [0.4, 0.5) is 0 Å². The zero-order valence-electron chi connectivity index (χ0n) is 9.60. The smallest absolute Gasteiger partial charge is 0.0679 e. The van der Waals surface area contributed by atoms with Crippen LogP contribution in [0.5, 0.6) is 0 Å². The Hall–Kier alpha value is -0.860. The summed E-state index contributed by atoms with van der Waals surface area (Å²) >= 11 is 0. The van der Waals surface area contributed by atoms with Gasteiger partial charge in [0.25, 0.3) is 0 Å². The molecule has 0 amide bonds. The average Bonchev–Trinajstić information content (AvgIpc) is 3.04. The highest BCUT2D eigenvalue weighted by Gasteiger charge is 2.27. The van der Waals surface area contributed by atoms with Crippen LogP contribution in [0.1, 0.15) is 36.3 Å². The Morgan fingerprint density at radius 1 is 1.19 bits per heavy atom. The molecule has 1 atom stereocenters. The van der Waals surface area contributed by atoms with Crippen LogP contribution in [0.15, 0.2) is 24.3 Å². The first-order valence-electron chi connectivity index (χ1n) is 6.31. The van der Waals surface area contributed by atoms with E-state index in [1.807, 2.05) is 0 Å². The third kappa shape index (κ3) is 2.13. The highest BCUT2D eigenvalue weighted by atomic mass is 16.3. The SMILES string of the molecule is O[C@@H]1CCN(Cc2ccccc2C2CC2)C1. The summed E-state index contributed by atoms with van der Waals surface area (Å²) < 4.78 is 0. The first-order valence-corrected chi connectivity index (χ1v) is 6.31. The third-order valence-corrected chi connectivity index (χ3v) is 3.71. The molecule has 1 aliphatic carbocycles. The summed E-state index contributed by atoms with van der Waals surface area (Å²) in [6.07, 6.45) is 3.55. The van der Waals surface area contributed by atoms with Crippen molar-refractivity contribution in [3.63, 3.8) is 0 Å². The van der Waals surface area contributed by atoms with Crippen LogP contribution in [-0.2, 0) is 6.54 Å². The molecule has 2 fully saturated rings. The van der Waals surface area contributed by atoms with Gasteiger partial charge >= 0.3 is 0 Å². The van der Waals surface area contributed by atoms with E-state index in [0.717, 1.165) is 32.0 Å². The van der Waals surface area contributed by atoms with Gasteiger partial charge in [0, 0.05) is 19.6 Å². The summed E-state index contributed by atoms with van der Waals surface area (Å²) in [4.78, 5) is 2.37. The predicted molar refractivity (Wildman–Crippen MR) is 64.3 cm³/mol. The minimum atomic E-state index is -0.104. The zero-order valence-corrected chi connectivity index (χ0v) is 9.60. The topological polar surface area (TPSA) is 23.5 Å². The summed E-state index contributed by atoms with van der Waals surface area (Å²) in [7, 11) is 0. The maximum Gasteiger partial charge on any atom is 0.0679 e. The summed E-state index contributed by atoms with van der Waals surface area (Å²) in [5.74, 6) is 0.823. The quantitative estimate of drug-likeness (QED) is 0.838. The van der Waals surface area contributed by atoms with Crippen molar-refractivity contribution in [2.75, 3.05) is 13.1 Å². The van der Waals surface area contributed by atoms with E-state index in [0.29, 0.717) is 0 Å². The van der Waals surface area contributed by atoms with Crippen molar-refractivity contribution in [3.8, 4) is 0 Å². The highest BCUT2D eigenvalue weighted by molar-refractivity contribution is 5.33. The Labute approximate surface area is 96.9 Å². The number of hydrogen-bond donors (Lipinski definition) is 1. The molecule has 2 heteroatoms. The number of likely N-dealkylation sites (tertiary alicyclic amines) is 1. The van der Waals surface area contributed by atoms with E-state index in [4.69, 9.17) is 0 Å². The average molecular weight is 217 g/mol. The van der Waals surface area contributed by atoms with E-state index in [-0.39, 0.29) is 6.10 Å². The first kappa shape index (κ1) is 10.3. The number of nitrogens with zero attached hydrogens (tertiary/aromatic N) is 1. The molecule has 0 unspecified atom stereocenters. The molecule has 0 radical (unpaired) electrons. The van der Waals surface area contributed by atoms with Gasteiger partial charge in [-0.1, -0.05) is 24.3 Å². The van der Waals surface area contributed by atoms with Crippen molar-refractivity contribution in [1.29, 1.82) is 0 Å². The predicted octanol–water partition coefficient (Wildman–Crippen LogP) is 2.13. The molecule has 1 saturated heterocycles. The molecule has 0 aromatic heterocycles. The van der Waals surface area contributed by atoms with Gasteiger partial charge in [-0.3, -0.25) is 4.90 Å². The highest BCUT2D eigenvalue weighted by Crippen LogP contribution is 2.41. The fourth-order valence-electron chi connectivity index (χ4n) is 2.67. The number of hydrogen-bond acceptors (Lipinski definition) is 2. The van der Waals surface area contributed by atoms with E-state index in [1.54, 1.807) is 5.56 Å². The van der Waals surface area contributed by atoms with Gasteiger partial charge in [-0.15, -0.1) is 0 Å². The molecule has 1 aliphatic heterocycles. The summed E-state index contributed by atoms with van der Waals surface area (Å²) in [5.41, 5.74) is 3.02. The van der Waals surface area contributed by atoms with Crippen molar-refractivity contribution < 1.29 is 5.11 Å². The maximum absolute atomic E-state index is 9.53.